The maximum atomic E-state index is 13.1. The first-order valence-electron chi connectivity index (χ1n) is 35.0. The number of amides is 1. The second kappa shape index (κ2) is 62.2. The van der Waals surface area contributed by atoms with E-state index in [1.54, 1.807) is 6.08 Å². The van der Waals surface area contributed by atoms with Gasteiger partial charge in [0.2, 0.25) is 5.91 Å². The molecule has 1 aliphatic heterocycles. The molecule has 0 aromatic carbocycles. The third-order valence-electron chi connectivity index (χ3n) is 16.1. The van der Waals surface area contributed by atoms with E-state index in [4.69, 9.17) is 9.47 Å². The summed E-state index contributed by atoms with van der Waals surface area (Å²) in [7, 11) is 0. The first-order valence-corrected chi connectivity index (χ1v) is 35.0. The van der Waals surface area contributed by atoms with E-state index in [2.05, 4.69) is 104 Å². The van der Waals surface area contributed by atoms with Crippen molar-refractivity contribution in [3.63, 3.8) is 0 Å². The molecular formula is C74H131NO8. The summed E-state index contributed by atoms with van der Waals surface area (Å²) in [6, 6.07) is -0.825. The van der Waals surface area contributed by atoms with Gasteiger partial charge in [0.05, 0.1) is 25.4 Å². The summed E-state index contributed by atoms with van der Waals surface area (Å²) in [5.74, 6) is -0.184. The number of aliphatic hydroxyl groups is 5. The highest BCUT2D eigenvalue weighted by Crippen LogP contribution is 2.23. The normalized spacial score (nSPS) is 18.9. The largest absolute Gasteiger partial charge is 0.394 e. The van der Waals surface area contributed by atoms with Crippen LogP contribution in [0.2, 0.25) is 0 Å². The Morgan fingerprint density at radius 2 is 0.759 bits per heavy atom. The van der Waals surface area contributed by atoms with Gasteiger partial charge in [0.1, 0.15) is 24.4 Å². The average Bonchev–Trinajstić information content (AvgIpc) is 3.61. The Balaban J connectivity index is 2.08. The SMILES string of the molecule is CC/C=C\C/C=C\C/C=C\C/C=C\C/C=C\C/C=C\CCCCCCCCCCCCCCCCCCCCCCCCC(=O)NC(COC1OC(CO)C(O)C(O)C1O)C(O)/C=C/CC/C=C/CCCCCCCCCCCCCCC. The molecule has 9 nitrogen and oxygen atoms in total. The van der Waals surface area contributed by atoms with Crippen LogP contribution in [-0.4, -0.2) is 87.5 Å². The molecule has 0 spiro atoms. The molecule has 0 aliphatic carbocycles. The van der Waals surface area contributed by atoms with Gasteiger partial charge in [-0.15, -0.1) is 0 Å². The van der Waals surface area contributed by atoms with Gasteiger partial charge in [-0.1, -0.05) is 317 Å². The minimum Gasteiger partial charge on any atom is -0.394 e. The smallest absolute Gasteiger partial charge is 0.220 e. The molecule has 1 heterocycles. The molecule has 0 aromatic heterocycles. The molecule has 6 N–H and O–H groups in total. The van der Waals surface area contributed by atoms with Crippen molar-refractivity contribution in [2.75, 3.05) is 13.2 Å². The third kappa shape index (κ3) is 50.9. The van der Waals surface area contributed by atoms with Crippen LogP contribution in [-0.2, 0) is 14.3 Å². The van der Waals surface area contributed by atoms with Crippen LogP contribution < -0.4 is 5.32 Å². The fourth-order valence-corrected chi connectivity index (χ4v) is 10.7. The monoisotopic (exact) mass is 1160 g/mol. The summed E-state index contributed by atoms with van der Waals surface area (Å²) in [5.41, 5.74) is 0. The fourth-order valence-electron chi connectivity index (χ4n) is 10.7. The van der Waals surface area contributed by atoms with Crippen LogP contribution in [0, 0.1) is 0 Å². The Morgan fingerprint density at radius 1 is 0.422 bits per heavy atom. The van der Waals surface area contributed by atoms with Gasteiger partial charge in [-0.25, -0.2) is 0 Å². The predicted molar refractivity (Wildman–Crippen MR) is 355 cm³/mol. The minimum atomic E-state index is -1.57. The molecule has 0 radical (unpaired) electrons. The van der Waals surface area contributed by atoms with E-state index in [0.29, 0.717) is 6.42 Å². The van der Waals surface area contributed by atoms with E-state index in [1.165, 1.54) is 212 Å². The minimum absolute atomic E-state index is 0.184. The first kappa shape index (κ1) is 78.1. The lowest BCUT2D eigenvalue weighted by Gasteiger charge is -2.40. The molecule has 1 amide bonds. The molecule has 480 valence electrons. The van der Waals surface area contributed by atoms with Crippen LogP contribution in [0.3, 0.4) is 0 Å². The summed E-state index contributed by atoms with van der Waals surface area (Å²) in [6.07, 6.45) is 83.8. The van der Waals surface area contributed by atoms with Crippen molar-refractivity contribution in [3.8, 4) is 0 Å². The Labute approximate surface area is 511 Å². The number of aliphatic hydroxyl groups excluding tert-OH is 5. The Morgan fingerprint density at radius 3 is 1.16 bits per heavy atom. The van der Waals surface area contributed by atoms with Gasteiger partial charge in [-0.2, -0.15) is 0 Å². The molecule has 1 rings (SSSR count). The highest BCUT2D eigenvalue weighted by molar-refractivity contribution is 5.76. The zero-order valence-electron chi connectivity index (χ0n) is 53.7. The van der Waals surface area contributed by atoms with Crippen LogP contribution in [0.15, 0.2) is 97.2 Å². The molecule has 0 bridgehead atoms. The fraction of sp³-hybridized carbons (Fsp3) is 0.770. The summed E-state index contributed by atoms with van der Waals surface area (Å²) in [4.78, 5) is 13.1. The summed E-state index contributed by atoms with van der Waals surface area (Å²) >= 11 is 0. The van der Waals surface area contributed by atoms with E-state index in [9.17, 15) is 30.3 Å². The molecule has 1 aliphatic rings. The lowest BCUT2D eigenvalue weighted by atomic mass is 9.99. The number of carbonyl (C=O) groups is 1. The van der Waals surface area contributed by atoms with Crippen molar-refractivity contribution in [1.29, 1.82) is 0 Å². The van der Waals surface area contributed by atoms with E-state index in [0.717, 1.165) is 77.0 Å². The lowest BCUT2D eigenvalue weighted by molar-refractivity contribution is -0.302. The number of ether oxygens (including phenoxy) is 2. The number of hydrogen-bond acceptors (Lipinski definition) is 8. The van der Waals surface area contributed by atoms with Gasteiger partial charge in [-0.05, 0) is 83.5 Å². The molecule has 0 aromatic rings. The van der Waals surface area contributed by atoms with Crippen LogP contribution in [0.1, 0.15) is 309 Å². The predicted octanol–water partition coefficient (Wildman–Crippen LogP) is 19.1. The quantitative estimate of drug-likeness (QED) is 0.0261. The van der Waals surface area contributed by atoms with E-state index in [1.807, 2.05) is 6.08 Å². The first-order chi connectivity index (χ1) is 40.8. The van der Waals surface area contributed by atoms with E-state index >= 15 is 0 Å². The van der Waals surface area contributed by atoms with Gasteiger partial charge in [0.25, 0.3) is 0 Å². The topological polar surface area (TPSA) is 149 Å². The molecule has 83 heavy (non-hydrogen) atoms. The Bertz CT molecular complexity index is 1630. The number of allylic oxidation sites excluding steroid dienone is 15. The second-order valence-corrected chi connectivity index (χ2v) is 23.9. The van der Waals surface area contributed by atoms with Crippen molar-refractivity contribution in [1.82, 2.24) is 5.32 Å². The summed E-state index contributed by atoms with van der Waals surface area (Å²) < 4.78 is 11.3. The zero-order chi connectivity index (χ0) is 60.0. The number of hydrogen-bond donors (Lipinski definition) is 6. The van der Waals surface area contributed by atoms with Gasteiger partial charge in [-0.3, -0.25) is 4.79 Å². The van der Waals surface area contributed by atoms with Gasteiger partial charge >= 0.3 is 0 Å². The zero-order valence-corrected chi connectivity index (χ0v) is 53.7. The summed E-state index contributed by atoms with van der Waals surface area (Å²) in [5, 5.41) is 54.7. The number of nitrogens with one attached hydrogen (secondary N) is 1. The number of rotatable bonds is 60. The maximum Gasteiger partial charge on any atom is 0.220 e. The average molecular weight is 1160 g/mol. The molecule has 7 atom stereocenters. The standard InChI is InChI=1S/C74H131NO8/c1-3-5-7-9-11-13-15-17-19-21-23-24-25-26-27-28-29-30-31-32-33-34-35-36-37-38-39-40-41-42-43-44-46-48-50-52-54-56-58-60-62-64-70(78)75-67(66-82-74-73(81)72(80)71(79)69(65-76)83-74)68(77)63-61-59-57-55-53-51-49-47-45-22-20-18-16-14-12-10-8-6-4-2/h5,7,11,13,17,19,23-24,26-27,29-30,53,55,61,63,67-69,71-74,76-77,79-81H,3-4,6,8-10,12,14-16,18,20-22,25,28,31-52,54,56-60,62,64-66H2,1-2H3,(H,75,78)/b7-5-,13-11-,19-17-,24-23-,27-26-,30-29-,55-53+,63-61+. The molecule has 7 unspecified atom stereocenters. The highest BCUT2D eigenvalue weighted by Gasteiger charge is 2.44. The van der Waals surface area contributed by atoms with Crippen LogP contribution in [0.5, 0.6) is 0 Å². The second-order valence-electron chi connectivity index (χ2n) is 23.9. The molecule has 9 heteroatoms. The van der Waals surface area contributed by atoms with Crippen molar-refractivity contribution < 1.29 is 39.8 Å². The van der Waals surface area contributed by atoms with Crippen LogP contribution in [0.25, 0.3) is 0 Å². The third-order valence-corrected chi connectivity index (χ3v) is 16.1. The van der Waals surface area contributed by atoms with Crippen LogP contribution in [0.4, 0.5) is 0 Å². The van der Waals surface area contributed by atoms with Gasteiger partial charge in [0.15, 0.2) is 6.29 Å². The van der Waals surface area contributed by atoms with E-state index in [-0.39, 0.29) is 12.5 Å². The van der Waals surface area contributed by atoms with Crippen molar-refractivity contribution in [3.05, 3.63) is 97.2 Å². The lowest BCUT2D eigenvalue weighted by Crippen LogP contribution is -2.60. The number of carbonyl (C=O) groups excluding carboxylic acids is 1. The molecular weight excluding hydrogens is 1030 g/mol. The molecule has 1 saturated heterocycles. The summed E-state index contributed by atoms with van der Waals surface area (Å²) in [6.45, 7) is 3.67. The molecule has 1 fully saturated rings. The van der Waals surface area contributed by atoms with Gasteiger partial charge in [0, 0.05) is 6.42 Å². The van der Waals surface area contributed by atoms with Crippen molar-refractivity contribution in [2.24, 2.45) is 0 Å². The highest BCUT2D eigenvalue weighted by atomic mass is 16.7. The Hall–Kier alpha value is -2.89. The Kier molecular flexibility index (Phi) is 58.5. The van der Waals surface area contributed by atoms with Crippen molar-refractivity contribution in [2.45, 2.75) is 352 Å². The number of unbranched alkanes of at least 4 members (excludes halogenated alkanes) is 36. The van der Waals surface area contributed by atoms with E-state index < -0.39 is 49.5 Å². The maximum absolute atomic E-state index is 13.1. The van der Waals surface area contributed by atoms with Crippen molar-refractivity contribution >= 4 is 5.91 Å². The van der Waals surface area contributed by atoms with Crippen LogP contribution >= 0.6 is 0 Å². The molecule has 0 saturated carbocycles. The van der Waals surface area contributed by atoms with Gasteiger partial charge < -0.3 is 40.3 Å².